The van der Waals surface area contributed by atoms with Crippen molar-refractivity contribution < 1.29 is 0 Å². The normalized spacial score (nSPS) is 24.5. The van der Waals surface area contributed by atoms with Gasteiger partial charge in [0.15, 0.2) is 0 Å². The van der Waals surface area contributed by atoms with Gasteiger partial charge in [-0.05, 0) is 38.1 Å². The van der Waals surface area contributed by atoms with Crippen LogP contribution in [0.3, 0.4) is 0 Å². The molecule has 3 nitrogen and oxygen atoms in total. The molecule has 1 unspecified atom stereocenters. The van der Waals surface area contributed by atoms with E-state index in [4.69, 9.17) is 22.3 Å². The Kier molecular flexibility index (Phi) is 2.68. The van der Waals surface area contributed by atoms with Gasteiger partial charge < -0.3 is 10.3 Å². The Morgan fingerprint density at radius 1 is 1.38 bits per heavy atom. The number of rotatable bonds is 3. The van der Waals surface area contributed by atoms with E-state index in [9.17, 15) is 0 Å². The molecule has 3 rings (SSSR count). The van der Waals surface area contributed by atoms with Gasteiger partial charge in [0.05, 0.1) is 5.69 Å². The van der Waals surface area contributed by atoms with E-state index in [-0.39, 0.29) is 0 Å². The molecular weight excluding hydrogens is 222 g/mol. The van der Waals surface area contributed by atoms with Gasteiger partial charge in [0, 0.05) is 18.9 Å². The summed E-state index contributed by atoms with van der Waals surface area (Å²) in [6.07, 6.45) is 5.90. The lowest BCUT2D eigenvalue weighted by Gasteiger charge is -2.23. The molecule has 1 aromatic rings. The molecule has 16 heavy (non-hydrogen) atoms. The van der Waals surface area contributed by atoms with E-state index in [1.165, 1.54) is 25.1 Å². The van der Waals surface area contributed by atoms with Gasteiger partial charge in [-0.1, -0.05) is 11.6 Å². The largest absolute Gasteiger partial charge is 0.330 e. The summed E-state index contributed by atoms with van der Waals surface area (Å²) in [6, 6.07) is 0. The smallest absolute Gasteiger partial charge is 0.132 e. The van der Waals surface area contributed by atoms with Gasteiger partial charge in [0.2, 0.25) is 0 Å². The molecule has 1 aromatic heterocycles. The molecule has 1 atom stereocenters. The quantitative estimate of drug-likeness (QED) is 0.880. The van der Waals surface area contributed by atoms with Crippen LogP contribution in [0, 0.1) is 5.92 Å². The number of hydrogen-bond donors (Lipinski definition) is 1. The number of aromatic nitrogens is 2. The van der Waals surface area contributed by atoms with Gasteiger partial charge >= 0.3 is 0 Å². The van der Waals surface area contributed by atoms with Crippen LogP contribution in [0.5, 0.6) is 0 Å². The number of fused-ring (bicyclic) bond motifs is 1. The Morgan fingerprint density at radius 2 is 2.19 bits per heavy atom. The van der Waals surface area contributed by atoms with Crippen molar-refractivity contribution in [2.75, 3.05) is 6.54 Å². The van der Waals surface area contributed by atoms with Crippen LogP contribution in [0.25, 0.3) is 0 Å². The molecule has 0 spiro atoms. The van der Waals surface area contributed by atoms with Gasteiger partial charge in [-0.2, -0.15) is 0 Å². The predicted molar refractivity (Wildman–Crippen MR) is 64.7 cm³/mol. The van der Waals surface area contributed by atoms with Crippen molar-refractivity contribution in [3.8, 4) is 0 Å². The first-order valence-corrected chi connectivity index (χ1v) is 6.62. The fraction of sp³-hybridized carbons (Fsp3) is 0.750. The molecule has 0 amide bonds. The second-order valence-corrected chi connectivity index (χ2v) is 5.42. The number of hydrogen-bond acceptors (Lipinski definition) is 2. The summed E-state index contributed by atoms with van der Waals surface area (Å²) >= 11 is 6.38. The van der Waals surface area contributed by atoms with Gasteiger partial charge in [0.1, 0.15) is 11.0 Å². The topological polar surface area (TPSA) is 43.8 Å². The number of nitrogens with zero attached hydrogens (tertiary/aromatic N) is 2. The maximum Gasteiger partial charge on any atom is 0.132 e. The molecular formula is C12H18ClN3. The summed E-state index contributed by atoms with van der Waals surface area (Å²) in [5.41, 5.74) is 6.78. The predicted octanol–water partition coefficient (Wildman–Crippen LogP) is 2.33. The SMILES string of the molecule is NCCC1CCn2c(nc(C3CC3)c2Cl)C1. The average molecular weight is 240 g/mol. The fourth-order valence-electron chi connectivity index (χ4n) is 2.65. The van der Waals surface area contributed by atoms with Crippen molar-refractivity contribution in [2.24, 2.45) is 11.7 Å². The molecule has 0 aromatic carbocycles. The van der Waals surface area contributed by atoms with Crippen molar-refractivity contribution >= 4 is 11.6 Å². The van der Waals surface area contributed by atoms with Crippen LogP contribution in [-0.4, -0.2) is 16.1 Å². The first-order valence-electron chi connectivity index (χ1n) is 6.24. The summed E-state index contributed by atoms with van der Waals surface area (Å²) in [7, 11) is 0. The van der Waals surface area contributed by atoms with Gasteiger partial charge in [-0.3, -0.25) is 0 Å². The Morgan fingerprint density at radius 3 is 2.88 bits per heavy atom. The van der Waals surface area contributed by atoms with E-state index in [1.54, 1.807) is 0 Å². The highest BCUT2D eigenvalue weighted by molar-refractivity contribution is 6.30. The van der Waals surface area contributed by atoms with Crippen molar-refractivity contribution in [2.45, 2.75) is 44.6 Å². The van der Waals surface area contributed by atoms with Crippen molar-refractivity contribution in [1.29, 1.82) is 0 Å². The van der Waals surface area contributed by atoms with Crippen LogP contribution in [0.15, 0.2) is 0 Å². The summed E-state index contributed by atoms with van der Waals surface area (Å²) in [5, 5.41) is 0.906. The monoisotopic (exact) mass is 239 g/mol. The molecule has 1 fully saturated rings. The Hall–Kier alpha value is -0.540. The van der Waals surface area contributed by atoms with E-state index in [0.29, 0.717) is 11.8 Å². The molecule has 2 N–H and O–H groups in total. The molecule has 1 saturated carbocycles. The third-order valence-corrected chi connectivity index (χ3v) is 4.18. The third-order valence-electron chi connectivity index (χ3n) is 3.78. The van der Waals surface area contributed by atoms with Crippen molar-refractivity contribution in [1.82, 2.24) is 9.55 Å². The molecule has 2 heterocycles. The zero-order valence-electron chi connectivity index (χ0n) is 9.45. The van der Waals surface area contributed by atoms with Crippen LogP contribution < -0.4 is 5.73 Å². The van der Waals surface area contributed by atoms with Gasteiger partial charge in [-0.25, -0.2) is 4.98 Å². The highest BCUT2D eigenvalue weighted by Crippen LogP contribution is 2.43. The zero-order chi connectivity index (χ0) is 11.1. The first-order chi connectivity index (χ1) is 7.79. The number of imidazole rings is 1. The summed E-state index contributed by atoms with van der Waals surface area (Å²) in [4.78, 5) is 4.74. The van der Waals surface area contributed by atoms with Gasteiger partial charge in [0.25, 0.3) is 0 Å². The van der Waals surface area contributed by atoms with Crippen LogP contribution in [-0.2, 0) is 13.0 Å². The minimum absolute atomic E-state index is 0.651. The molecule has 88 valence electrons. The lowest BCUT2D eigenvalue weighted by Crippen LogP contribution is -2.21. The molecule has 0 bridgehead atoms. The molecule has 1 aliphatic carbocycles. The van der Waals surface area contributed by atoms with E-state index in [1.807, 2.05) is 0 Å². The highest BCUT2D eigenvalue weighted by atomic mass is 35.5. The number of nitrogens with two attached hydrogens (primary N) is 1. The van der Waals surface area contributed by atoms with Crippen LogP contribution in [0.4, 0.5) is 0 Å². The van der Waals surface area contributed by atoms with E-state index in [2.05, 4.69) is 4.57 Å². The summed E-state index contributed by atoms with van der Waals surface area (Å²) in [6.45, 7) is 1.81. The fourth-order valence-corrected chi connectivity index (χ4v) is 3.03. The van der Waals surface area contributed by atoms with E-state index >= 15 is 0 Å². The van der Waals surface area contributed by atoms with Crippen molar-refractivity contribution in [3.63, 3.8) is 0 Å². The maximum absolute atomic E-state index is 6.38. The minimum Gasteiger partial charge on any atom is -0.330 e. The van der Waals surface area contributed by atoms with Crippen molar-refractivity contribution in [3.05, 3.63) is 16.7 Å². The second-order valence-electron chi connectivity index (χ2n) is 5.07. The minimum atomic E-state index is 0.651. The van der Waals surface area contributed by atoms with Crippen LogP contribution in [0.2, 0.25) is 5.15 Å². The Bertz CT molecular complexity index is 395. The zero-order valence-corrected chi connectivity index (χ0v) is 10.2. The average Bonchev–Trinajstić information content (AvgIpc) is 3.06. The second kappa shape index (κ2) is 4.04. The highest BCUT2D eigenvalue weighted by Gasteiger charge is 2.32. The summed E-state index contributed by atoms with van der Waals surface area (Å²) in [5.74, 6) is 2.55. The molecule has 1 aliphatic heterocycles. The van der Waals surface area contributed by atoms with E-state index < -0.39 is 0 Å². The lowest BCUT2D eigenvalue weighted by molar-refractivity contribution is 0.366. The van der Waals surface area contributed by atoms with Crippen LogP contribution >= 0.6 is 11.6 Å². The standard InChI is InChI=1S/C12H18ClN3/c13-12-11(9-1-2-9)15-10-7-8(3-5-14)4-6-16(10)12/h8-9H,1-7,14H2. The molecule has 2 aliphatic rings. The lowest BCUT2D eigenvalue weighted by atomic mass is 9.94. The number of halogens is 1. The molecule has 4 heteroatoms. The first kappa shape index (κ1) is 10.6. The third kappa shape index (κ3) is 1.76. The Balaban J connectivity index is 1.84. The molecule has 0 radical (unpaired) electrons. The Labute approximate surface area is 101 Å². The van der Waals surface area contributed by atoms with Gasteiger partial charge in [-0.15, -0.1) is 0 Å². The summed E-state index contributed by atoms with van der Waals surface area (Å²) < 4.78 is 2.21. The van der Waals surface area contributed by atoms with Crippen LogP contribution in [0.1, 0.15) is 43.1 Å². The van der Waals surface area contributed by atoms with E-state index in [0.717, 1.165) is 36.8 Å². The maximum atomic E-state index is 6.38. The molecule has 0 saturated heterocycles.